The molecule has 4 atom stereocenters. The van der Waals surface area contributed by atoms with Crippen LogP contribution in [0, 0.1) is 23.7 Å². The highest BCUT2D eigenvalue weighted by Crippen LogP contribution is 2.49. The minimum Gasteiger partial charge on any atom is -0.469 e. The van der Waals surface area contributed by atoms with Gasteiger partial charge in [0.1, 0.15) is 5.78 Å². The Morgan fingerprint density at radius 3 is 2.03 bits per heavy atom. The van der Waals surface area contributed by atoms with Crippen molar-refractivity contribution in [3.63, 3.8) is 0 Å². The van der Waals surface area contributed by atoms with Crippen LogP contribution in [-0.4, -0.2) is 50.9 Å². The van der Waals surface area contributed by atoms with Gasteiger partial charge in [0.2, 0.25) is 0 Å². The number of rotatable bonds is 10. The number of hydrogen-bond donors (Lipinski definition) is 0. The fourth-order valence-corrected chi connectivity index (χ4v) is 5.54. The van der Waals surface area contributed by atoms with Gasteiger partial charge >= 0.3 is 11.9 Å². The van der Waals surface area contributed by atoms with Gasteiger partial charge in [-0.1, -0.05) is 38.2 Å². The van der Waals surface area contributed by atoms with Gasteiger partial charge in [0.15, 0.2) is 5.79 Å². The largest absolute Gasteiger partial charge is 0.469 e. The highest BCUT2D eigenvalue weighted by atomic mass is 16.7. The van der Waals surface area contributed by atoms with E-state index in [1.165, 1.54) is 14.2 Å². The molecule has 0 amide bonds. The van der Waals surface area contributed by atoms with E-state index < -0.39 is 5.79 Å². The van der Waals surface area contributed by atoms with E-state index in [-0.39, 0.29) is 29.7 Å². The number of methoxy groups -OCH3 is 2. The Morgan fingerprint density at radius 2 is 1.46 bits per heavy atom. The molecule has 198 valence electrons. The van der Waals surface area contributed by atoms with Crippen molar-refractivity contribution < 1.29 is 33.3 Å². The number of carbonyl (C=O) groups is 3. The molecule has 0 aromatic rings. The first-order chi connectivity index (χ1) is 16.9. The molecule has 7 nitrogen and oxygen atoms in total. The fraction of sp³-hybridized carbons (Fsp3) is 0.750. The number of esters is 2. The molecule has 0 aromatic heterocycles. The summed E-state index contributed by atoms with van der Waals surface area (Å²) >= 11 is 0. The quantitative estimate of drug-likeness (QED) is 0.307. The van der Waals surface area contributed by atoms with Gasteiger partial charge in [-0.15, -0.1) is 0 Å². The molecule has 0 N–H and O–H groups in total. The molecule has 0 bridgehead atoms. The van der Waals surface area contributed by atoms with Crippen molar-refractivity contribution in [1.29, 1.82) is 0 Å². The molecule has 0 radical (unpaired) electrons. The van der Waals surface area contributed by atoms with Crippen molar-refractivity contribution in [2.45, 2.75) is 83.8 Å². The lowest BCUT2D eigenvalue weighted by Gasteiger charge is -2.31. The number of ether oxygens (including phenoxy) is 4. The predicted molar refractivity (Wildman–Crippen MR) is 133 cm³/mol. The van der Waals surface area contributed by atoms with Gasteiger partial charge in [0.05, 0.1) is 27.4 Å². The van der Waals surface area contributed by atoms with Gasteiger partial charge in [0.25, 0.3) is 0 Å². The molecule has 3 aliphatic rings. The molecule has 1 heterocycles. The number of hydrogen-bond acceptors (Lipinski definition) is 7. The van der Waals surface area contributed by atoms with Crippen LogP contribution < -0.4 is 0 Å². The summed E-state index contributed by atoms with van der Waals surface area (Å²) in [4.78, 5) is 34.4. The molecule has 0 unspecified atom stereocenters. The third-order valence-electron chi connectivity index (χ3n) is 7.42. The molecule has 0 aromatic carbocycles. The van der Waals surface area contributed by atoms with Crippen LogP contribution >= 0.6 is 0 Å². The Balaban J connectivity index is 0.000000251. The maximum absolute atomic E-state index is 11.7. The van der Waals surface area contributed by atoms with Crippen molar-refractivity contribution in [2.24, 2.45) is 23.7 Å². The Labute approximate surface area is 210 Å². The van der Waals surface area contributed by atoms with E-state index in [2.05, 4.69) is 42.9 Å². The second kappa shape index (κ2) is 15.2. The van der Waals surface area contributed by atoms with Crippen LogP contribution in [0.1, 0.15) is 78.1 Å². The van der Waals surface area contributed by atoms with Crippen molar-refractivity contribution in [3.05, 3.63) is 24.3 Å². The van der Waals surface area contributed by atoms with Crippen molar-refractivity contribution in [1.82, 2.24) is 0 Å². The normalized spacial score (nSPS) is 27.5. The highest BCUT2D eigenvalue weighted by Gasteiger charge is 2.52. The van der Waals surface area contributed by atoms with Gasteiger partial charge in [-0.25, -0.2) is 0 Å². The van der Waals surface area contributed by atoms with Crippen LogP contribution in [0.25, 0.3) is 0 Å². The smallest absolute Gasteiger partial charge is 0.305 e. The first kappa shape index (κ1) is 29.2. The summed E-state index contributed by atoms with van der Waals surface area (Å²) in [5, 5.41) is 0. The summed E-state index contributed by atoms with van der Waals surface area (Å²) < 4.78 is 21.2. The molecule has 2 saturated carbocycles. The van der Waals surface area contributed by atoms with Crippen LogP contribution in [-0.2, 0) is 33.3 Å². The molecule has 7 heteroatoms. The van der Waals surface area contributed by atoms with Crippen LogP contribution in [0.3, 0.4) is 0 Å². The van der Waals surface area contributed by atoms with Crippen molar-refractivity contribution in [2.75, 3.05) is 27.4 Å². The van der Waals surface area contributed by atoms with Crippen LogP contribution in [0.15, 0.2) is 24.3 Å². The van der Waals surface area contributed by atoms with E-state index >= 15 is 0 Å². The number of allylic oxidation sites excluding steroid dienone is 4. The van der Waals surface area contributed by atoms with Gasteiger partial charge < -0.3 is 18.9 Å². The molecular weight excluding hydrogens is 448 g/mol. The lowest BCUT2D eigenvalue weighted by Crippen LogP contribution is -2.37. The summed E-state index contributed by atoms with van der Waals surface area (Å²) in [6, 6.07) is 0. The molecular formula is C28H44O7. The Kier molecular flexibility index (Phi) is 12.7. The minimum atomic E-state index is -0.448. The summed E-state index contributed by atoms with van der Waals surface area (Å²) in [5.41, 5.74) is 0. The zero-order chi connectivity index (χ0) is 25.7. The van der Waals surface area contributed by atoms with E-state index in [0.29, 0.717) is 44.2 Å². The summed E-state index contributed by atoms with van der Waals surface area (Å²) in [6.07, 6.45) is 16.3. The standard InChI is InChI=1S/C15H24O4.C13H20O3/c1-3-4-5-6-13-12(11-14(16)17-2)7-8-15(13)18-9-10-19-15;1-3-4-5-6-11-10(7-8-12(11)14)9-13(15)16-2/h4-5,12-13H,3,6-11H2,1-2H3;4-5,10-11H,3,6-9H2,1-2H3/b2*5-4-/t12-,13-;10-,11-/m11/s1. The molecule has 1 aliphatic heterocycles. The molecule has 1 spiro atoms. The van der Waals surface area contributed by atoms with Gasteiger partial charge in [0, 0.05) is 37.5 Å². The predicted octanol–water partition coefficient (Wildman–Crippen LogP) is 5.18. The second-order valence-electron chi connectivity index (χ2n) is 9.58. The number of ketones is 1. The van der Waals surface area contributed by atoms with Gasteiger partial charge in [-0.05, 0) is 50.4 Å². The fourth-order valence-electron chi connectivity index (χ4n) is 5.54. The molecule has 2 aliphatic carbocycles. The average molecular weight is 493 g/mol. The summed E-state index contributed by atoms with van der Waals surface area (Å²) in [5.74, 6) is 0.284. The van der Waals surface area contributed by atoms with Crippen molar-refractivity contribution in [3.8, 4) is 0 Å². The van der Waals surface area contributed by atoms with Gasteiger partial charge in [-0.3, -0.25) is 14.4 Å². The first-order valence-electron chi connectivity index (χ1n) is 13.1. The van der Waals surface area contributed by atoms with Crippen molar-refractivity contribution >= 4 is 17.7 Å². The molecule has 35 heavy (non-hydrogen) atoms. The lowest BCUT2D eigenvalue weighted by atomic mass is 9.87. The Bertz CT molecular complexity index is 736. The maximum atomic E-state index is 11.7. The number of carbonyl (C=O) groups excluding carboxylic acids is 3. The lowest BCUT2D eigenvalue weighted by molar-refractivity contribution is -0.186. The van der Waals surface area contributed by atoms with Gasteiger partial charge in [-0.2, -0.15) is 0 Å². The Hall–Kier alpha value is -1.99. The highest BCUT2D eigenvalue weighted by molar-refractivity contribution is 5.84. The topological polar surface area (TPSA) is 88.1 Å². The zero-order valence-electron chi connectivity index (χ0n) is 22.0. The first-order valence-corrected chi connectivity index (χ1v) is 13.1. The van der Waals surface area contributed by atoms with E-state index in [0.717, 1.165) is 44.9 Å². The van der Waals surface area contributed by atoms with E-state index in [9.17, 15) is 14.4 Å². The average Bonchev–Trinajstić information content (AvgIpc) is 3.56. The molecule has 3 fully saturated rings. The SMILES string of the molecule is CC/C=C\C[C@@H]1[C@@H](CC(=O)OC)CCC12OCCO2.CC/C=C\C[C@H]1C(=O)CC[C@@H]1CC(=O)OC. The van der Waals surface area contributed by atoms with E-state index in [4.69, 9.17) is 14.2 Å². The Morgan fingerprint density at radius 1 is 0.886 bits per heavy atom. The molecule has 1 saturated heterocycles. The second-order valence-corrected chi connectivity index (χ2v) is 9.58. The number of Topliss-reactive ketones (excluding diaryl/α,β-unsaturated/α-hetero) is 1. The van der Waals surface area contributed by atoms with E-state index in [1.54, 1.807) is 0 Å². The van der Waals surface area contributed by atoms with Crippen LogP contribution in [0.5, 0.6) is 0 Å². The third kappa shape index (κ3) is 8.57. The van der Waals surface area contributed by atoms with Crippen LogP contribution in [0.4, 0.5) is 0 Å². The summed E-state index contributed by atoms with van der Waals surface area (Å²) in [6.45, 7) is 5.52. The monoisotopic (exact) mass is 492 g/mol. The van der Waals surface area contributed by atoms with Crippen LogP contribution in [0.2, 0.25) is 0 Å². The third-order valence-corrected chi connectivity index (χ3v) is 7.42. The zero-order valence-corrected chi connectivity index (χ0v) is 22.0. The minimum absolute atomic E-state index is 0.0295. The summed E-state index contributed by atoms with van der Waals surface area (Å²) in [7, 11) is 2.84. The maximum Gasteiger partial charge on any atom is 0.305 e. The van der Waals surface area contributed by atoms with E-state index in [1.807, 2.05) is 0 Å². The molecule has 3 rings (SSSR count).